The fourth-order valence-corrected chi connectivity index (χ4v) is 9.34. The van der Waals surface area contributed by atoms with Crippen molar-refractivity contribution in [2.75, 3.05) is 19.8 Å². The molecule has 0 radical (unpaired) electrons. The third-order valence-corrected chi connectivity index (χ3v) is 14.2. The molecule has 1 amide bonds. The molecule has 14 nitrogen and oxygen atoms in total. The summed E-state index contributed by atoms with van der Waals surface area (Å²) in [6.45, 7) is 2.72. The third-order valence-electron chi connectivity index (χ3n) is 14.2. The monoisotopic (exact) mass is 1050 g/mol. The fraction of sp³-hybridized carbons (Fsp3) is 0.817. The summed E-state index contributed by atoms with van der Waals surface area (Å²) in [4.78, 5) is 13.2. The highest BCUT2D eigenvalue weighted by molar-refractivity contribution is 5.76. The minimum atomic E-state index is -1.80. The normalized spacial score (nSPS) is 25.6. The standard InChI is InChI=1S/C60H107NO13/c1-3-5-7-9-11-13-15-17-19-20-21-22-23-24-25-26-27-28-29-30-31-33-35-37-39-41-43-49(64)48(61-52(65)44-42-40-38-36-34-32-18-16-14-12-10-8-6-4-2)47-71-59-57(70)55(68)58(51(46-63)73-59)74-60-56(69)54(67)53(66)50(45-62)72-60/h10,12,16,18,28-29,33,35,41,43,48-51,53-60,62-64,66-70H,3-9,11,13-15,17,19-27,30-32,34,36-40,42,44-47H2,1-2H3,(H,61,65)/b12-10-,18-16-,29-28+,35-33+,43-41+. The van der Waals surface area contributed by atoms with Gasteiger partial charge in [-0.25, -0.2) is 0 Å². The van der Waals surface area contributed by atoms with Crippen molar-refractivity contribution in [3.63, 3.8) is 0 Å². The van der Waals surface area contributed by atoms with Gasteiger partial charge in [0.15, 0.2) is 12.6 Å². The number of rotatable bonds is 46. The molecule has 0 spiro atoms. The number of nitrogens with one attached hydrogen (secondary N) is 1. The van der Waals surface area contributed by atoms with Crippen LogP contribution in [0.25, 0.3) is 0 Å². The van der Waals surface area contributed by atoms with E-state index in [4.69, 9.17) is 18.9 Å². The Morgan fingerprint density at radius 1 is 0.486 bits per heavy atom. The van der Waals surface area contributed by atoms with E-state index >= 15 is 0 Å². The van der Waals surface area contributed by atoms with E-state index in [0.29, 0.717) is 12.8 Å². The zero-order valence-electron chi connectivity index (χ0n) is 46.1. The van der Waals surface area contributed by atoms with Gasteiger partial charge in [-0.2, -0.15) is 0 Å². The first-order chi connectivity index (χ1) is 36.1. The van der Waals surface area contributed by atoms with Crippen molar-refractivity contribution in [3.05, 3.63) is 60.8 Å². The summed E-state index contributed by atoms with van der Waals surface area (Å²) in [6, 6.07) is -0.947. The summed E-state index contributed by atoms with van der Waals surface area (Å²) in [6.07, 6.45) is 41.3. The van der Waals surface area contributed by atoms with Crippen LogP contribution in [0.5, 0.6) is 0 Å². The first-order valence-corrected chi connectivity index (χ1v) is 29.5. The van der Waals surface area contributed by atoms with Crippen molar-refractivity contribution in [3.8, 4) is 0 Å². The van der Waals surface area contributed by atoms with Gasteiger partial charge in [-0.1, -0.05) is 203 Å². The zero-order valence-corrected chi connectivity index (χ0v) is 46.1. The summed E-state index contributed by atoms with van der Waals surface area (Å²) in [7, 11) is 0. The maximum absolute atomic E-state index is 13.2. The van der Waals surface area contributed by atoms with Crippen LogP contribution in [0, 0.1) is 0 Å². The molecule has 430 valence electrons. The van der Waals surface area contributed by atoms with Crippen molar-refractivity contribution in [1.82, 2.24) is 5.32 Å². The molecule has 2 heterocycles. The van der Waals surface area contributed by atoms with Crippen LogP contribution in [0.4, 0.5) is 0 Å². The van der Waals surface area contributed by atoms with Crippen LogP contribution >= 0.6 is 0 Å². The lowest BCUT2D eigenvalue weighted by Gasteiger charge is -2.46. The van der Waals surface area contributed by atoms with E-state index in [0.717, 1.165) is 70.6 Å². The zero-order chi connectivity index (χ0) is 53.9. The molecule has 2 saturated heterocycles. The highest BCUT2D eigenvalue weighted by Crippen LogP contribution is 2.30. The average Bonchev–Trinajstić information content (AvgIpc) is 3.40. The first-order valence-electron chi connectivity index (χ1n) is 29.5. The van der Waals surface area contributed by atoms with Gasteiger partial charge in [0.2, 0.25) is 5.91 Å². The number of hydrogen-bond acceptors (Lipinski definition) is 13. The summed E-state index contributed by atoms with van der Waals surface area (Å²) in [5.41, 5.74) is 0. The number of aliphatic hydroxyl groups excluding tert-OH is 8. The highest BCUT2D eigenvalue weighted by atomic mass is 16.7. The van der Waals surface area contributed by atoms with Crippen molar-refractivity contribution < 1.29 is 64.6 Å². The maximum Gasteiger partial charge on any atom is 0.220 e. The van der Waals surface area contributed by atoms with Gasteiger partial charge in [-0.3, -0.25) is 4.79 Å². The van der Waals surface area contributed by atoms with Gasteiger partial charge < -0.3 is 65.1 Å². The molecule has 12 unspecified atom stereocenters. The molecule has 9 N–H and O–H groups in total. The van der Waals surface area contributed by atoms with Gasteiger partial charge in [-0.05, 0) is 70.6 Å². The van der Waals surface area contributed by atoms with Crippen molar-refractivity contribution in [2.45, 2.75) is 293 Å². The molecule has 2 rings (SSSR count). The second kappa shape index (κ2) is 45.7. The summed E-state index contributed by atoms with van der Waals surface area (Å²) in [5.74, 6) is -0.269. The third kappa shape index (κ3) is 31.2. The molecule has 0 aromatic rings. The molecule has 2 aliphatic heterocycles. The fourth-order valence-electron chi connectivity index (χ4n) is 9.34. The molecule has 2 aliphatic rings. The molecular formula is C60H107NO13. The Hall–Kier alpha value is -2.31. The van der Waals surface area contributed by atoms with E-state index in [-0.39, 0.29) is 18.9 Å². The Morgan fingerprint density at radius 3 is 1.45 bits per heavy atom. The summed E-state index contributed by atoms with van der Waals surface area (Å²) in [5, 5.41) is 87.0. The van der Waals surface area contributed by atoms with Crippen LogP contribution in [0.2, 0.25) is 0 Å². The Morgan fingerprint density at radius 2 is 0.919 bits per heavy atom. The number of unbranched alkanes of at least 4 members (excludes halogenated alkanes) is 25. The number of hydrogen-bond donors (Lipinski definition) is 9. The van der Waals surface area contributed by atoms with Gasteiger partial charge in [0.1, 0.15) is 48.8 Å². The van der Waals surface area contributed by atoms with Gasteiger partial charge in [-0.15, -0.1) is 0 Å². The SMILES string of the molecule is CCCC/C=C\C/C=C\CCCCCCCC(=O)NC(COC1OC(CO)C(OC2OC(CO)C(O)C(O)C2O)C(O)C1O)C(O)/C=C/CC/C=C/CC/C=C/CCCCCCCCCCCCCCCCCC. The number of allylic oxidation sites excluding steroid dienone is 9. The molecule has 14 heteroatoms. The van der Waals surface area contributed by atoms with Crippen LogP contribution < -0.4 is 5.32 Å². The second-order valence-corrected chi connectivity index (χ2v) is 20.7. The lowest BCUT2D eigenvalue weighted by Crippen LogP contribution is -2.65. The van der Waals surface area contributed by atoms with Gasteiger partial charge >= 0.3 is 0 Å². The number of aliphatic hydroxyl groups is 8. The molecule has 0 saturated carbocycles. The largest absolute Gasteiger partial charge is 0.394 e. The van der Waals surface area contributed by atoms with Gasteiger partial charge in [0.05, 0.1) is 32.0 Å². The molecule has 0 bridgehead atoms. The first kappa shape index (κ1) is 67.8. The smallest absolute Gasteiger partial charge is 0.220 e. The van der Waals surface area contributed by atoms with Crippen molar-refractivity contribution in [1.29, 1.82) is 0 Å². The Kier molecular flexibility index (Phi) is 41.9. The molecule has 2 fully saturated rings. The Bertz CT molecular complexity index is 1470. The van der Waals surface area contributed by atoms with E-state index in [2.05, 4.69) is 67.8 Å². The van der Waals surface area contributed by atoms with Crippen LogP contribution in [0.1, 0.15) is 219 Å². The lowest BCUT2D eigenvalue weighted by molar-refractivity contribution is -0.359. The number of carbonyl (C=O) groups excluding carboxylic acids is 1. The molecule has 0 aliphatic carbocycles. The molecule has 12 atom stereocenters. The number of carbonyl (C=O) groups is 1. The van der Waals surface area contributed by atoms with E-state index in [9.17, 15) is 45.6 Å². The summed E-state index contributed by atoms with van der Waals surface area (Å²) < 4.78 is 22.7. The van der Waals surface area contributed by atoms with E-state index < -0.39 is 86.8 Å². The maximum atomic E-state index is 13.2. The number of amides is 1. The topological polar surface area (TPSA) is 228 Å². The van der Waals surface area contributed by atoms with Gasteiger partial charge in [0.25, 0.3) is 0 Å². The molecular weight excluding hydrogens is 943 g/mol. The van der Waals surface area contributed by atoms with Crippen LogP contribution in [0.3, 0.4) is 0 Å². The quantitative estimate of drug-likeness (QED) is 0.0205. The second-order valence-electron chi connectivity index (χ2n) is 20.7. The predicted octanol–water partition coefficient (Wildman–Crippen LogP) is 9.78. The van der Waals surface area contributed by atoms with Crippen LogP contribution in [-0.2, 0) is 23.7 Å². The average molecular weight is 1050 g/mol. The Balaban J connectivity index is 1.78. The molecule has 74 heavy (non-hydrogen) atoms. The van der Waals surface area contributed by atoms with E-state index in [1.54, 1.807) is 6.08 Å². The number of ether oxygens (including phenoxy) is 4. The Labute approximate surface area is 447 Å². The summed E-state index contributed by atoms with van der Waals surface area (Å²) >= 11 is 0. The minimum Gasteiger partial charge on any atom is -0.394 e. The van der Waals surface area contributed by atoms with Crippen molar-refractivity contribution >= 4 is 5.91 Å². The molecule has 0 aromatic carbocycles. The van der Waals surface area contributed by atoms with Gasteiger partial charge in [0, 0.05) is 6.42 Å². The van der Waals surface area contributed by atoms with Crippen LogP contribution in [-0.4, -0.2) is 140 Å². The van der Waals surface area contributed by atoms with E-state index in [1.165, 1.54) is 116 Å². The van der Waals surface area contributed by atoms with Crippen molar-refractivity contribution in [2.24, 2.45) is 0 Å². The molecule has 0 aromatic heterocycles. The van der Waals surface area contributed by atoms with Crippen LogP contribution in [0.15, 0.2) is 60.8 Å². The highest BCUT2D eigenvalue weighted by Gasteiger charge is 2.51. The van der Waals surface area contributed by atoms with E-state index in [1.807, 2.05) is 6.08 Å². The minimum absolute atomic E-state index is 0.252. The lowest BCUT2D eigenvalue weighted by atomic mass is 9.97. The predicted molar refractivity (Wildman–Crippen MR) is 295 cm³/mol.